The molecule has 0 saturated heterocycles. The molecule has 0 aliphatic heterocycles. The number of hydrogen-bond acceptors (Lipinski definition) is 5. The highest BCUT2D eigenvalue weighted by atomic mass is 35.5. The lowest BCUT2D eigenvalue weighted by Gasteiger charge is -2.21. The Balaban J connectivity index is 1.68. The molecule has 146 valence electrons. The molecule has 6 nitrogen and oxygen atoms in total. The van der Waals surface area contributed by atoms with E-state index in [1.807, 2.05) is 20.8 Å². The highest BCUT2D eigenvalue weighted by molar-refractivity contribution is 6.31. The lowest BCUT2D eigenvalue weighted by molar-refractivity contribution is 0.292. The number of hydrogen-bond donors (Lipinski definition) is 0. The van der Waals surface area contributed by atoms with E-state index in [9.17, 15) is 9.18 Å². The molecule has 2 heterocycles. The van der Waals surface area contributed by atoms with E-state index in [1.165, 1.54) is 23.1 Å². The predicted molar refractivity (Wildman–Crippen MR) is 104 cm³/mol. The fraction of sp³-hybridized carbons (Fsp3) is 0.250. The van der Waals surface area contributed by atoms with Gasteiger partial charge in [-0.05, 0) is 50.6 Å². The van der Waals surface area contributed by atoms with Crippen LogP contribution in [-0.2, 0) is 12.1 Å². The van der Waals surface area contributed by atoms with E-state index in [2.05, 4.69) is 10.1 Å². The summed E-state index contributed by atoms with van der Waals surface area (Å²) in [5.41, 5.74) is -0.0768. The monoisotopic (exact) mass is 403 g/mol. The number of pyridine rings is 1. The van der Waals surface area contributed by atoms with Gasteiger partial charge in [0.15, 0.2) is 16.5 Å². The summed E-state index contributed by atoms with van der Waals surface area (Å²) in [6.07, 6.45) is 2.78. The van der Waals surface area contributed by atoms with Gasteiger partial charge < -0.3 is 9.47 Å². The number of halogens is 2. The SMILES string of the molecule is CC(C)(C)n1ncc(OCc2ccc(Oc3cccnc3F)cc2)c(Cl)c1=O. The van der Waals surface area contributed by atoms with Crippen LogP contribution in [0.3, 0.4) is 0 Å². The minimum Gasteiger partial charge on any atom is -0.485 e. The van der Waals surface area contributed by atoms with E-state index in [1.54, 1.807) is 30.3 Å². The molecule has 0 radical (unpaired) electrons. The van der Waals surface area contributed by atoms with Crippen molar-refractivity contribution in [1.29, 1.82) is 0 Å². The second-order valence-corrected chi connectivity index (χ2v) is 7.42. The average molecular weight is 404 g/mol. The van der Waals surface area contributed by atoms with Crippen molar-refractivity contribution in [2.75, 3.05) is 0 Å². The van der Waals surface area contributed by atoms with Crippen molar-refractivity contribution >= 4 is 11.6 Å². The molecule has 0 aliphatic rings. The summed E-state index contributed by atoms with van der Waals surface area (Å²) in [5, 5.41) is 4.11. The van der Waals surface area contributed by atoms with Gasteiger partial charge in [0.25, 0.3) is 11.5 Å². The lowest BCUT2D eigenvalue weighted by Crippen LogP contribution is -2.36. The molecule has 3 rings (SSSR count). The van der Waals surface area contributed by atoms with Crippen LogP contribution in [0.4, 0.5) is 4.39 Å². The molecule has 0 bridgehead atoms. The highest BCUT2D eigenvalue weighted by Gasteiger charge is 2.20. The standard InChI is InChI=1S/C20H19ClFN3O3/c1-20(2,3)25-19(26)17(21)16(11-24-25)27-12-13-6-8-14(9-7-13)28-15-5-4-10-23-18(15)22/h4-11H,12H2,1-3H3. The van der Waals surface area contributed by atoms with Gasteiger partial charge in [0.1, 0.15) is 12.4 Å². The topological polar surface area (TPSA) is 66.2 Å². The highest BCUT2D eigenvalue weighted by Crippen LogP contribution is 2.25. The van der Waals surface area contributed by atoms with E-state index >= 15 is 0 Å². The normalized spacial score (nSPS) is 11.3. The van der Waals surface area contributed by atoms with Gasteiger partial charge in [-0.3, -0.25) is 4.79 Å². The first-order valence-corrected chi connectivity index (χ1v) is 8.92. The van der Waals surface area contributed by atoms with Crippen LogP contribution in [0, 0.1) is 5.95 Å². The first-order valence-electron chi connectivity index (χ1n) is 8.54. The third-order valence-electron chi connectivity index (χ3n) is 3.79. The summed E-state index contributed by atoms with van der Waals surface area (Å²) in [6, 6.07) is 9.98. The second kappa shape index (κ2) is 7.98. The molecule has 28 heavy (non-hydrogen) atoms. The van der Waals surface area contributed by atoms with Crippen LogP contribution in [-0.4, -0.2) is 14.8 Å². The quantitative estimate of drug-likeness (QED) is 0.584. The zero-order chi connectivity index (χ0) is 20.3. The molecule has 0 saturated carbocycles. The van der Waals surface area contributed by atoms with Crippen LogP contribution in [0.5, 0.6) is 17.2 Å². The minimum atomic E-state index is -0.679. The molecule has 0 N–H and O–H groups in total. The molecule has 0 atom stereocenters. The minimum absolute atomic E-state index is 0.0167. The van der Waals surface area contributed by atoms with Crippen LogP contribution in [0.15, 0.2) is 53.6 Å². The molecule has 0 spiro atoms. The Hall–Kier alpha value is -2.93. The second-order valence-electron chi connectivity index (χ2n) is 7.04. The summed E-state index contributed by atoms with van der Waals surface area (Å²) in [4.78, 5) is 15.9. The third kappa shape index (κ3) is 4.48. The zero-order valence-electron chi connectivity index (χ0n) is 15.6. The summed E-state index contributed by atoms with van der Waals surface area (Å²) >= 11 is 6.14. The van der Waals surface area contributed by atoms with Gasteiger partial charge in [0.05, 0.1) is 11.7 Å². The Bertz CT molecular complexity index is 1030. The first-order chi connectivity index (χ1) is 13.3. The molecule has 0 unspecified atom stereocenters. The van der Waals surface area contributed by atoms with Crippen molar-refractivity contribution in [2.45, 2.75) is 32.9 Å². The Morgan fingerprint density at radius 3 is 2.50 bits per heavy atom. The Labute approximate surface area is 166 Å². The number of nitrogens with zero attached hydrogens (tertiary/aromatic N) is 3. The molecule has 1 aromatic carbocycles. The maximum absolute atomic E-state index is 13.5. The van der Waals surface area contributed by atoms with E-state index in [-0.39, 0.29) is 23.1 Å². The first kappa shape index (κ1) is 19.8. The summed E-state index contributed by atoms with van der Waals surface area (Å²) in [5.74, 6) is 0.0406. The molecular weight excluding hydrogens is 385 g/mol. The summed E-state index contributed by atoms with van der Waals surface area (Å²) < 4.78 is 25.9. The number of benzene rings is 1. The van der Waals surface area contributed by atoms with E-state index in [0.29, 0.717) is 5.75 Å². The largest absolute Gasteiger partial charge is 0.485 e. The van der Waals surface area contributed by atoms with E-state index < -0.39 is 17.0 Å². The van der Waals surface area contributed by atoms with Gasteiger partial charge in [-0.2, -0.15) is 9.49 Å². The molecule has 8 heteroatoms. The number of ether oxygens (including phenoxy) is 2. The van der Waals surface area contributed by atoms with Gasteiger partial charge >= 0.3 is 0 Å². The van der Waals surface area contributed by atoms with Crippen LogP contribution in [0.25, 0.3) is 0 Å². The van der Waals surface area contributed by atoms with E-state index in [0.717, 1.165) is 5.56 Å². The van der Waals surface area contributed by atoms with Crippen LogP contribution >= 0.6 is 11.6 Å². The van der Waals surface area contributed by atoms with E-state index in [4.69, 9.17) is 21.1 Å². The summed E-state index contributed by atoms with van der Waals surface area (Å²) in [6.45, 7) is 5.76. The van der Waals surface area contributed by atoms with Crippen molar-refractivity contribution in [3.63, 3.8) is 0 Å². The molecule has 0 amide bonds. The van der Waals surface area contributed by atoms with Gasteiger partial charge in [-0.1, -0.05) is 23.7 Å². The molecule has 2 aromatic heterocycles. The molecule has 3 aromatic rings. The Morgan fingerprint density at radius 1 is 1.14 bits per heavy atom. The van der Waals surface area contributed by atoms with Crippen molar-refractivity contribution in [3.8, 4) is 17.2 Å². The third-order valence-corrected chi connectivity index (χ3v) is 4.14. The fourth-order valence-electron chi connectivity index (χ4n) is 2.39. The van der Waals surface area contributed by atoms with Crippen LogP contribution in [0.2, 0.25) is 5.02 Å². The smallest absolute Gasteiger partial charge is 0.289 e. The molecular formula is C20H19ClFN3O3. The maximum atomic E-state index is 13.5. The van der Waals surface area contributed by atoms with Crippen LogP contribution in [0.1, 0.15) is 26.3 Å². The number of rotatable bonds is 5. The van der Waals surface area contributed by atoms with Crippen molar-refractivity contribution < 1.29 is 13.9 Å². The Kier molecular flexibility index (Phi) is 5.65. The average Bonchev–Trinajstić information content (AvgIpc) is 2.65. The van der Waals surface area contributed by atoms with Gasteiger partial charge in [0.2, 0.25) is 0 Å². The van der Waals surface area contributed by atoms with Gasteiger partial charge in [-0.25, -0.2) is 9.67 Å². The summed E-state index contributed by atoms with van der Waals surface area (Å²) in [7, 11) is 0. The predicted octanol–water partition coefficient (Wildman–Crippen LogP) is 4.56. The maximum Gasteiger partial charge on any atom is 0.289 e. The lowest BCUT2D eigenvalue weighted by atomic mass is 10.1. The fourth-order valence-corrected chi connectivity index (χ4v) is 2.57. The van der Waals surface area contributed by atoms with Gasteiger partial charge in [0, 0.05) is 6.20 Å². The van der Waals surface area contributed by atoms with Crippen molar-refractivity contribution in [2.24, 2.45) is 0 Å². The molecule has 0 aliphatic carbocycles. The van der Waals surface area contributed by atoms with Crippen molar-refractivity contribution in [1.82, 2.24) is 14.8 Å². The van der Waals surface area contributed by atoms with Crippen molar-refractivity contribution in [3.05, 3.63) is 75.7 Å². The van der Waals surface area contributed by atoms with Gasteiger partial charge in [-0.15, -0.1) is 0 Å². The molecule has 0 fully saturated rings. The van der Waals surface area contributed by atoms with Crippen LogP contribution < -0.4 is 15.0 Å². The Morgan fingerprint density at radius 2 is 1.86 bits per heavy atom. The zero-order valence-corrected chi connectivity index (χ0v) is 16.4. The number of aromatic nitrogens is 3.